The van der Waals surface area contributed by atoms with Crippen molar-refractivity contribution in [3.63, 3.8) is 0 Å². The van der Waals surface area contributed by atoms with Crippen LogP contribution in [0.2, 0.25) is 0 Å². The molecular weight excluding hydrogens is 400 g/mol. The molecule has 0 saturated carbocycles. The number of aromatic nitrogens is 3. The van der Waals surface area contributed by atoms with Crippen molar-refractivity contribution in [1.82, 2.24) is 19.7 Å². The minimum Gasteiger partial charge on any atom is -0.485 e. The standard InChI is InChI=1S/C22H26N4O3S/c1-25(12-16-8-4-3-5-9-16)13-17(27)15-30-22-24-23-21(26(22)2)20-14-28-18-10-6-7-11-19(18)29-20/h3-11,17,20,27H,12-15H2,1-2H3. The molecule has 3 aromatic rings. The van der Waals surface area contributed by atoms with Crippen molar-refractivity contribution in [2.75, 3.05) is 26.0 Å². The topological polar surface area (TPSA) is 72.6 Å². The van der Waals surface area contributed by atoms with E-state index in [1.807, 2.05) is 61.1 Å². The summed E-state index contributed by atoms with van der Waals surface area (Å²) in [5.74, 6) is 2.70. The van der Waals surface area contributed by atoms with Gasteiger partial charge in [-0.05, 0) is 24.7 Å². The SMILES string of the molecule is CN(Cc1ccccc1)CC(O)CSc1nnc(C2COc3ccccc3O2)n1C. The Labute approximate surface area is 180 Å². The highest BCUT2D eigenvalue weighted by atomic mass is 32.2. The summed E-state index contributed by atoms with van der Waals surface area (Å²) in [6.45, 7) is 1.78. The Morgan fingerprint density at radius 2 is 1.87 bits per heavy atom. The zero-order valence-electron chi connectivity index (χ0n) is 17.1. The van der Waals surface area contributed by atoms with Crippen LogP contribution in [-0.2, 0) is 13.6 Å². The van der Waals surface area contributed by atoms with Crippen LogP contribution in [0, 0.1) is 0 Å². The van der Waals surface area contributed by atoms with Crippen molar-refractivity contribution in [3.8, 4) is 11.5 Å². The first-order chi connectivity index (χ1) is 14.6. The fraction of sp³-hybridized carbons (Fsp3) is 0.364. The van der Waals surface area contributed by atoms with Crippen molar-refractivity contribution in [2.45, 2.75) is 23.9 Å². The van der Waals surface area contributed by atoms with Crippen molar-refractivity contribution < 1.29 is 14.6 Å². The molecule has 1 N–H and O–H groups in total. The minimum absolute atomic E-state index is 0.311. The molecular formula is C22H26N4O3S. The Hall–Kier alpha value is -2.55. The van der Waals surface area contributed by atoms with Gasteiger partial charge in [0.2, 0.25) is 0 Å². The molecule has 0 fully saturated rings. The van der Waals surface area contributed by atoms with Crippen molar-refractivity contribution in [3.05, 3.63) is 66.0 Å². The van der Waals surface area contributed by atoms with Gasteiger partial charge in [-0.15, -0.1) is 10.2 Å². The first kappa shape index (κ1) is 20.7. The predicted octanol–water partition coefficient (Wildman–Crippen LogP) is 2.91. The van der Waals surface area contributed by atoms with Crippen molar-refractivity contribution in [2.24, 2.45) is 7.05 Å². The van der Waals surface area contributed by atoms with E-state index in [2.05, 4.69) is 27.2 Å². The van der Waals surface area contributed by atoms with Crippen LogP contribution in [0.15, 0.2) is 59.8 Å². The molecule has 0 radical (unpaired) electrons. The minimum atomic E-state index is -0.468. The molecule has 8 heteroatoms. The second-order valence-electron chi connectivity index (χ2n) is 7.41. The molecule has 0 spiro atoms. The molecule has 0 aliphatic carbocycles. The van der Waals surface area contributed by atoms with Crippen molar-refractivity contribution in [1.29, 1.82) is 0 Å². The summed E-state index contributed by atoms with van der Waals surface area (Å²) in [7, 11) is 3.93. The van der Waals surface area contributed by atoms with Gasteiger partial charge in [0.15, 0.2) is 28.6 Å². The van der Waals surface area contributed by atoms with Crippen LogP contribution in [0.1, 0.15) is 17.5 Å². The van der Waals surface area contributed by atoms with Gasteiger partial charge in [0.25, 0.3) is 0 Å². The van der Waals surface area contributed by atoms with Crippen LogP contribution >= 0.6 is 11.8 Å². The number of aliphatic hydroxyl groups is 1. The van der Waals surface area contributed by atoms with Gasteiger partial charge < -0.3 is 19.1 Å². The number of benzene rings is 2. The Bertz CT molecular complexity index is 966. The lowest BCUT2D eigenvalue weighted by molar-refractivity contribution is 0.0825. The Morgan fingerprint density at radius 1 is 1.13 bits per heavy atom. The van der Waals surface area contributed by atoms with Gasteiger partial charge in [0.1, 0.15) is 6.61 Å². The lowest BCUT2D eigenvalue weighted by atomic mass is 10.2. The first-order valence-electron chi connectivity index (χ1n) is 9.91. The number of ether oxygens (including phenoxy) is 2. The zero-order chi connectivity index (χ0) is 20.9. The normalized spacial score (nSPS) is 16.6. The van der Waals surface area contributed by atoms with E-state index in [1.54, 1.807) is 0 Å². The van der Waals surface area contributed by atoms with Crippen LogP contribution in [-0.4, -0.2) is 56.8 Å². The number of para-hydroxylation sites is 2. The fourth-order valence-corrected chi connectivity index (χ4v) is 4.25. The second-order valence-corrected chi connectivity index (χ2v) is 8.40. The molecule has 0 saturated heterocycles. The zero-order valence-corrected chi connectivity index (χ0v) is 18.0. The predicted molar refractivity (Wildman–Crippen MR) is 116 cm³/mol. The number of hydrogen-bond donors (Lipinski definition) is 1. The number of fused-ring (bicyclic) bond motifs is 1. The molecule has 1 aromatic heterocycles. The Balaban J connectivity index is 1.30. The lowest BCUT2D eigenvalue weighted by Crippen LogP contribution is -2.30. The lowest BCUT2D eigenvalue weighted by Gasteiger charge is -2.25. The van der Waals surface area contributed by atoms with Gasteiger partial charge >= 0.3 is 0 Å². The summed E-state index contributed by atoms with van der Waals surface area (Å²) in [6.07, 6.45) is -0.779. The molecule has 0 bridgehead atoms. The molecule has 1 aliphatic rings. The average molecular weight is 427 g/mol. The quantitative estimate of drug-likeness (QED) is 0.555. The summed E-state index contributed by atoms with van der Waals surface area (Å²) in [6, 6.07) is 17.9. The second kappa shape index (κ2) is 9.51. The number of rotatable bonds is 8. The van der Waals surface area contributed by atoms with Gasteiger partial charge in [0.05, 0.1) is 6.10 Å². The number of hydrogen-bond acceptors (Lipinski definition) is 7. The molecule has 2 aromatic carbocycles. The van der Waals surface area contributed by atoms with Crippen LogP contribution in [0.5, 0.6) is 11.5 Å². The van der Waals surface area contributed by atoms with Gasteiger partial charge in [-0.2, -0.15) is 0 Å². The highest BCUT2D eigenvalue weighted by Gasteiger charge is 2.27. The van der Waals surface area contributed by atoms with Crippen LogP contribution in [0.3, 0.4) is 0 Å². The van der Waals surface area contributed by atoms with Crippen LogP contribution < -0.4 is 9.47 Å². The molecule has 2 heterocycles. The Kier molecular flexibility index (Phi) is 6.56. The number of aliphatic hydroxyl groups excluding tert-OH is 1. The monoisotopic (exact) mass is 426 g/mol. The maximum atomic E-state index is 10.4. The van der Waals surface area contributed by atoms with E-state index in [0.29, 0.717) is 30.5 Å². The van der Waals surface area contributed by atoms with E-state index in [9.17, 15) is 5.11 Å². The molecule has 4 rings (SSSR count). The number of thioether (sulfide) groups is 1. The molecule has 2 unspecified atom stereocenters. The summed E-state index contributed by atoms with van der Waals surface area (Å²) in [5.41, 5.74) is 1.23. The Morgan fingerprint density at radius 3 is 2.67 bits per heavy atom. The molecule has 2 atom stereocenters. The largest absolute Gasteiger partial charge is 0.485 e. The third kappa shape index (κ3) is 4.95. The van der Waals surface area contributed by atoms with E-state index in [-0.39, 0.29) is 6.10 Å². The van der Waals surface area contributed by atoms with Gasteiger partial charge in [-0.25, -0.2) is 0 Å². The average Bonchev–Trinajstić information content (AvgIpc) is 3.13. The van der Waals surface area contributed by atoms with E-state index in [1.165, 1.54) is 17.3 Å². The van der Waals surface area contributed by atoms with E-state index in [0.717, 1.165) is 17.5 Å². The van der Waals surface area contributed by atoms with E-state index < -0.39 is 6.10 Å². The summed E-state index contributed by atoms with van der Waals surface area (Å²) in [4.78, 5) is 2.12. The van der Waals surface area contributed by atoms with Gasteiger partial charge in [-0.1, -0.05) is 54.2 Å². The highest BCUT2D eigenvalue weighted by Crippen LogP contribution is 2.35. The fourth-order valence-electron chi connectivity index (χ4n) is 3.42. The molecule has 0 amide bonds. The third-order valence-electron chi connectivity index (χ3n) is 4.89. The van der Waals surface area contributed by atoms with E-state index in [4.69, 9.17) is 9.47 Å². The van der Waals surface area contributed by atoms with Crippen LogP contribution in [0.4, 0.5) is 0 Å². The third-order valence-corrected chi connectivity index (χ3v) is 6.05. The molecule has 7 nitrogen and oxygen atoms in total. The molecule has 1 aliphatic heterocycles. The number of nitrogens with zero attached hydrogens (tertiary/aromatic N) is 4. The highest BCUT2D eigenvalue weighted by molar-refractivity contribution is 7.99. The summed E-state index contributed by atoms with van der Waals surface area (Å²) in [5, 5.41) is 19.8. The maximum Gasteiger partial charge on any atom is 0.192 e. The van der Waals surface area contributed by atoms with E-state index >= 15 is 0 Å². The molecule has 158 valence electrons. The van der Waals surface area contributed by atoms with Gasteiger partial charge in [-0.3, -0.25) is 4.90 Å². The number of likely N-dealkylation sites (N-methyl/N-ethyl adjacent to an activating group) is 1. The smallest absolute Gasteiger partial charge is 0.192 e. The molecule has 30 heavy (non-hydrogen) atoms. The van der Waals surface area contributed by atoms with Crippen molar-refractivity contribution >= 4 is 11.8 Å². The van der Waals surface area contributed by atoms with Gasteiger partial charge in [0, 0.05) is 25.9 Å². The summed E-state index contributed by atoms with van der Waals surface area (Å²) < 4.78 is 13.7. The first-order valence-corrected chi connectivity index (χ1v) is 10.9. The summed E-state index contributed by atoms with van der Waals surface area (Å²) >= 11 is 1.49. The van der Waals surface area contributed by atoms with Crippen LogP contribution in [0.25, 0.3) is 0 Å². The maximum absolute atomic E-state index is 10.4.